The third-order valence-electron chi connectivity index (χ3n) is 2.12. The van der Waals surface area contributed by atoms with E-state index in [9.17, 15) is 22.8 Å². The zero-order valence-electron chi connectivity index (χ0n) is 9.03. The second kappa shape index (κ2) is 5.85. The molecule has 0 saturated carbocycles. The maximum absolute atomic E-state index is 12.0. The van der Waals surface area contributed by atoms with E-state index in [1.807, 2.05) is 0 Å². The van der Waals surface area contributed by atoms with Gasteiger partial charge in [0.15, 0.2) is 0 Å². The summed E-state index contributed by atoms with van der Waals surface area (Å²) in [6, 6.07) is 1.96. The van der Waals surface area contributed by atoms with Gasteiger partial charge in [-0.05, 0) is 24.3 Å². The second-order valence-corrected chi connectivity index (χ2v) is 4.51. The number of halogens is 3. The van der Waals surface area contributed by atoms with Crippen LogP contribution in [0.4, 0.5) is 13.2 Å². The Hall–Kier alpha value is -1.57. The topological polar surface area (TPSA) is 66.4 Å². The Kier molecular flexibility index (Phi) is 4.71. The minimum atomic E-state index is -5.07. The molecule has 1 unspecified atom stereocenters. The van der Waals surface area contributed by atoms with Crippen molar-refractivity contribution in [2.45, 2.75) is 25.1 Å². The predicted molar refractivity (Wildman–Crippen MR) is 58.3 cm³/mol. The number of nitrogens with one attached hydrogen (secondary N) is 1. The van der Waals surface area contributed by atoms with Gasteiger partial charge in [0.1, 0.15) is 6.04 Å². The van der Waals surface area contributed by atoms with Crippen LogP contribution in [0.25, 0.3) is 0 Å². The Balaban J connectivity index is 2.55. The van der Waals surface area contributed by atoms with Gasteiger partial charge in [-0.25, -0.2) is 4.79 Å². The highest BCUT2D eigenvalue weighted by Crippen LogP contribution is 2.16. The maximum Gasteiger partial charge on any atom is 0.471 e. The Morgan fingerprint density at radius 2 is 2.11 bits per heavy atom. The van der Waals surface area contributed by atoms with E-state index in [-0.39, 0.29) is 6.42 Å². The van der Waals surface area contributed by atoms with E-state index >= 15 is 0 Å². The van der Waals surface area contributed by atoms with Crippen molar-refractivity contribution in [2.24, 2.45) is 0 Å². The van der Waals surface area contributed by atoms with Crippen LogP contribution in [0.3, 0.4) is 0 Å². The van der Waals surface area contributed by atoms with Gasteiger partial charge in [0.25, 0.3) is 0 Å². The fourth-order valence-corrected chi connectivity index (χ4v) is 1.96. The average Bonchev–Trinajstić information content (AvgIpc) is 2.74. The van der Waals surface area contributed by atoms with Crippen LogP contribution in [0.1, 0.15) is 11.3 Å². The molecule has 1 heterocycles. The summed E-state index contributed by atoms with van der Waals surface area (Å²) in [5.41, 5.74) is 0. The van der Waals surface area contributed by atoms with E-state index in [1.54, 1.807) is 17.5 Å². The molecule has 2 N–H and O–H groups in total. The van der Waals surface area contributed by atoms with Gasteiger partial charge in [-0.15, -0.1) is 11.3 Å². The zero-order chi connectivity index (χ0) is 13.8. The number of alkyl halides is 3. The van der Waals surface area contributed by atoms with E-state index in [0.29, 0.717) is 6.42 Å². The fourth-order valence-electron chi connectivity index (χ4n) is 1.24. The smallest absolute Gasteiger partial charge is 0.471 e. The van der Waals surface area contributed by atoms with Gasteiger partial charge >= 0.3 is 18.1 Å². The SMILES string of the molecule is O=C(O)C(CCc1cccs1)NC(=O)C(F)(F)F. The molecule has 0 aliphatic carbocycles. The molecule has 0 aliphatic heterocycles. The number of rotatable bonds is 5. The minimum Gasteiger partial charge on any atom is -0.480 e. The molecule has 0 aliphatic rings. The molecular weight excluding hydrogens is 271 g/mol. The lowest BCUT2D eigenvalue weighted by molar-refractivity contribution is -0.175. The van der Waals surface area contributed by atoms with Gasteiger partial charge in [0, 0.05) is 4.88 Å². The number of hydrogen-bond acceptors (Lipinski definition) is 3. The van der Waals surface area contributed by atoms with Gasteiger partial charge in [0.2, 0.25) is 0 Å². The van der Waals surface area contributed by atoms with Crippen molar-refractivity contribution in [3.63, 3.8) is 0 Å². The normalized spacial score (nSPS) is 13.1. The number of amides is 1. The Bertz CT molecular complexity index is 417. The lowest BCUT2D eigenvalue weighted by Gasteiger charge is -2.15. The van der Waals surface area contributed by atoms with Gasteiger partial charge in [-0.2, -0.15) is 13.2 Å². The number of carbonyl (C=O) groups excluding carboxylic acids is 1. The van der Waals surface area contributed by atoms with E-state index in [0.717, 1.165) is 4.88 Å². The molecular formula is C10H10F3NO3S. The van der Waals surface area contributed by atoms with Crippen LogP contribution in [0, 0.1) is 0 Å². The number of carbonyl (C=O) groups is 2. The highest BCUT2D eigenvalue weighted by molar-refractivity contribution is 7.09. The molecule has 18 heavy (non-hydrogen) atoms. The van der Waals surface area contributed by atoms with Crippen LogP contribution in [0.15, 0.2) is 17.5 Å². The van der Waals surface area contributed by atoms with Crippen LogP contribution >= 0.6 is 11.3 Å². The first-order valence-electron chi connectivity index (χ1n) is 4.93. The minimum absolute atomic E-state index is 0.0856. The van der Waals surface area contributed by atoms with Crippen molar-refractivity contribution < 1.29 is 27.9 Å². The first-order valence-corrected chi connectivity index (χ1v) is 5.81. The Morgan fingerprint density at radius 1 is 1.44 bits per heavy atom. The third kappa shape index (κ3) is 4.36. The molecule has 1 amide bonds. The number of carboxylic acid groups (broad SMARTS) is 1. The van der Waals surface area contributed by atoms with E-state index in [2.05, 4.69) is 0 Å². The van der Waals surface area contributed by atoms with Crippen molar-refractivity contribution in [1.82, 2.24) is 5.32 Å². The molecule has 0 aromatic carbocycles. The highest BCUT2D eigenvalue weighted by atomic mass is 32.1. The summed E-state index contributed by atoms with van der Waals surface area (Å²) >= 11 is 1.37. The molecule has 4 nitrogen and oxygen atoms in total. The first kappa shape index (κ1) is 14.5. The lowest BCUT2D eigenvalue weighted by Crippen LogP contribution is -2.47. The summed E-state index contributed by atoms with van der Waals surface area (Å²) in [5.74, 6) is -3.72. The molecule has 0 fully saturated rings. The fraction of sp³-hybridized carbons (Fsp3) is 0.400. The van der Waals surface area contributed by atoms with Gasteiger partial charge in [0.05, 0.1) is 0 Å². The van der Waals surface area contributed by atoms with Crippen LogP contribution in [-0.4, -0.2) is 29.2 Å². The van der Waals surface area contributed by atoms with Crippen LogP contribution in [-0.2, 0) is 16.0 Å². The number of thiophene rings is 1. The Morgan fingerprint density at radius 3 is 2.56 bits per heavy atom. The van der Waals surface area contributed by atoms with Crippen LogP contribution < -0.4 is 5.32 Å². The average molecular weight is 281 g/mol. The largest absolute Gasteiger partial charge is 0.480 e. The summed E-state index contributed by atoms with van der Waals surface area (Å²) in [4.78, 5) is 22.2. The van der Waals surface area contributed by atoms with E-state index in [1.165, 1.54) is 16.7 Å². The van der Waals surface area contributed by atoms with E-state index in [4.69, 9.17) is 5.11 Å². The number of aliphatic carboxylic acids is 1. The molecule has 1 aromatic rings. The van der Waals surface area contributed by atoms with Crippen molar-refractivity contribution in [1.29, 1.82) is 0 Å². The molecule has 1 atom stereocenters. The monoisotopic (exact) mass is 281 g/mol. The van der Waals surface area contributed by atoms with Crippen molar-refractivity contribution in [2.75, 3.05) is 0 Å². The first-order chi connectivity index (χ1) is 8.30. The zero-order valence-corrected chi connectivity index (χ0v) is 9.85. The highest BCUT2D eigenvalue weighted by Gasteiger charge is 2.40. The third-order valence-corrected chi connectivity index (χ3v) is 3.06. The quantitative estimate of drug-likeness (QED) is 0.865. The van der Waals surface area contributed by atoms with Crippen molar-refractivity contribution >= 4 is 23.2 Å². The molecule has 1 rings (SSSR count). The molecule has 100 valence electrons. The van der Waals surface area contributed by atoms with Gasteiger partial charge in [-0.1, -0.05) is 6.07 Å². The number of aryl methyl sites for hydroxylation is 1. The van der Waals surface area contributed by atoms with Crippen LogP contribution in [0.5, 0.6) is 0 Å². The molecule has 1 aromatic heterocycles. The predicted octanol–water partition coefficient (Wildman–Crippen LogP) is 1.81. The van der Waals surface area contributed by atoms with Crippen molar-refractivity contribution in [3.05, 3.63) is 22.4 Å². The number of carboxylic acids is 1. The second-order valence-electron chi connectivity index (χ2n) is 3.48. The molecule has 0 saturated heterocycles. The molecule has 0 bridgehead atoms. The van der Waals surface area contributed by atoms with Crippen LogP contribution in [0.2, 0.25) is 0 Å². The molecule has 0 radical (unpaired) electrons. The molecule has 8 heteroatoms. The standard InChI is InChI=1S/C10H10F3NO3S/c11-10(12,13)9(17)14-7(8(15)16)4-3-6-2-1-5-18-6/h1-2,5,7H,3-4H2,(H,14,17)(H,15,16). The number of hydrogen-bond donors (Lipinski definition) is 2. The van der Waals surface area contributed by atoms with Crippen molar-refractivity contribution in [3.8, 4) is 0 Å². The van der Waals surface area contributed by atoms with Gasteiger partial charge < -0.3 is 10.4 Å². The maximum atomic E-state index is 12.0. The lowest BCUT2D eigenvalue weighted by atomic mass is 10.1. The summed E-state index contributed by atoms with van der Waals surface area (Å²) in [6.45, 7) is 0. The summed E-state index contributed by atoms with van der Waals surface area (Å²) in [5, 5.41) is 12.0. The van der Waals surface area contributed by atoms with E-state index < -0.39 is 24.1 Å². The van der Waals surface area contributed by atoms with Gasteiger partial charge in [-0.3, -0.25) is 4.79 Å². The summed E-state index contributed by atoms with van der Waals surface area (Å²) < 4.78 is 36.0. The summed E-state index contributed by atoms with van der Waals surface area (Å²) in [6.07, 6.45) is -4.86. The Labute approximate surface area is 104 Å². The summed E-state index contributed by atoms with van der Waals surface area (Å²) in [7, 11) is 0. The molecule has 0 spiro atoms.